The average Bonchev–Trinajstić information content (AvgIpc) is 2.26. The van der Waals surface area contributed by atoms with E-state index in [1.54, 1.807) is 0 Å². The van der Waals surface area contributed by atoms with Crippen molar-refractivity contribution in [1.29, 1.82) is 0 Å². The van der Waals surface area contributed by atoms with Crippen LogP contribution in [-0.4, -0.2) is 37.6 Å². The first kappa shape index (κ1) is 11.1. The van der Waals surface area contributed by atoms with Gasteiger partial charge in [-0.1, -0.05) is 12.8 Å². The van der Waals surface area contributed by atoms with Crippen LogP contribution in [0.25, 0.3) is 0 Å². The van der Waals surface area contributed by atoms with Crippen LogP contribution in [-0.2, 0) is 9.53 Å². The minimum absolute atomic E-state index is 0.372. The molecule has 3 heteroatoms. The molecule has 0 aromatic heterocycles. The first-order valence-electron chi connectivity index (χ1n) is 5.08. The van der Waals surface area contributed by atoms with Gasteiger partial charge in [-0.25, -0.2) is 4.79 Å². The van der Waals surface area contributed by atoms with Crippen LogP contribution in [0.1, 0.15) is 19.8 Å². The predicted molar refractivity (Wildman–Crippen MR) is 54.6 cm³/mol. The van der Waals surface area contributed by atoms with Crippen molar-refractivity contribution in [2.24, 2.45) is 5.92 Å². The third-order valence-electron chi connectivity index (χ3n) is 2.60. The van der Waals surface area contributed by atoms with Gasteiger partial charge in [0.15, 0.2) is 0 Å². The van der Waals surface area contributed by atoms with Gasteiger partial charge in [0.1, 0.15) is 0 Å². The molecule has 1 saturated heterocycles. The molecule has 0 bridgehead atoms. The van der Waals surface area contributed by atoms with Crippen LogP contribution >= 0.6 is 0 Å². The highest BCUT2D eigenvalue weighted by molar-refractivity contribution is 5.88. The Bertz CT molecular complexity index is 244. The van der Waals surface area contributed by atoms with E-state index in [9.17, 15) is 4.79 Å². The maximum absolute atomic E-state index is 10.8. The van der Waals surface area contributed by atoms with Crippen LogP contribution in [0.2, 0.25) is 0 Å². The summed E-state index contributed by atoms with van der Waals surface area (Å²) < 4.78 is 4.46. The fourth-order valence-electron chi connectivity index (χ4n) is 1.61. The number of hydrogen-bond donors (Lipinski definition) is 0. The number of likely N-dealkylation sites (tertiary alicyclic amines) is 1. The van der Waals surface area contributed by atoms with Gasteiger partial charge in [-0.05, 0) is 32.5 Å². The zero-order valence-electron chi connectivity index (χ0n) is 8.88. The first-order chi connectivity index (χ1) is 6.76. The monoisotopic (exact) mass is 195 g/mol. The Balaban J connectivity index is 2.34. The Morgan fingerprint density at radius 1 is 1.50 bits per heavy atom. The van der Waals surface area contributed by atoms with Gasteiger partial charge in [-0.15, -0.1) is 0 Å². The Labute approximate surface area is 85.4 Å². The number of esters is 1. The Hall–Kier alpha value is -1.01. The van der Waals surface area contributed by atoms with Crippen LogP contribution < -0.4 is 0 Å². The molecule has 0 amide bonds. The molecule has 78 valence electrons. The summed E-state index contributed by atoms with van der Waals surface area (Å²) in [5, 5.41) is 0. The summed E-state index contributed by atoms with van der Waals surface area (Å²) in [5.41, 5.74) is 0. The number of rotatable bonds is 1. The number of nitrogens with zero attached hydrogens (tertiary/aromatic N) is 1. The average molecular weight is 195 g/mol. The van der Waals surface area contributed by atoms with E-state index in [-0.39, 0.29) is 0 Å². The number of carbonyl (C=O) groups is 1. The maximum Gasteiger partial charge on any atom is 0.384 e. The molecule has 3 nitrogen and oxygen atoms in total. The second kappa shape index (κ2) is 5.66. The highest BCUT2D eigenvalue weighted by Gasteiger charge is 2.15. The van der Waals surface area contributed by atoms with Gasteiger partial charge in [0.25, 0.3) is 0 Å². The molecule has 0 aromatic rings. The molecule has 0 unspecified atom stereocenters. The molecule has 0 saturated carbocycles. The lowest BCUT2D eigenvalue weighted by Crippen LogP contribution is -2.32. The normalized spacial score (nSPS) is 18.4. The standard InChI is InChI=1S/C11H17NO2/c1-3-12-8-6-10(7-9-12)4-5-11(13)14-2/h10H,3,6-9H2,1-2H3. The first-order valence-corrected chi connectivity index (χ1v) is 5.08. The largest absolute Gasteiger partial charge is 0.459 e. The Morgan fingerprint density at radius 3 is 2.64 bits per heavy atom. The molecular formula is C11H17NO2. The van der Waals surface area contributed by atoms with Crippen molar-refractivity contribution >= 4 is 5.97 Å². The topological polar surface area (TPSA) is 29.5 Å². The minimum Gasteiger partial charge on any atom is -0.459 e. The third kappa shape index (κ3) is 3.39. The van der Waals surface area contributed by atoms with E-state index in [0.717, 1.165) is 32.5 Å². The minimum atomic E-state index is -0.428. The summed E-state index contributed by atoms with van der Waals surface area (Å²) in [6.07, 6.45) is 2.13. The van der Waals surface area contributed by atoms with E-state index in [4.69, 9.17) is 0 Å². The lowest BCUT2D eigenvalue weighted by Gasteiger charge is -2.28. The number of hydrogen-bond acceptors (Lipinski definition) is 3. The zero-order valence-corrected chi connectivity index (χ0v) is 8.88. The fraction of sp³-hybridized carbons (Fsp3) is 0.727. The zero-order chi connectivity index (χ0) is 10.4. The summed E-state index contributed by atoms with van der Waals surface area (Å²) in [6.45, 7) is 5.46. The number of ether oxygens (including phenoxy) is 1. The summed E-state index contributed by atoms with van der Waals surface area (Å²) in [5.74, 6) is 5.42. The van der Waals surface area contributed by atoms with Gasteiger partial charge in [-0.2, -0.15) is 0 Å². The van der Waals surface area contributed by atoms with Gasteiger partial charge in [0, 0.05) is 11.8 Å². The van der Waals surface area contributed by atoms with E-state index in [0.29, 0.717) is 5.92 Å². The quantitative estimate of drug-likeness (QED) is 0.353. The van der Waals surface area contributed by atoms with Crippen LogP contribution in [0.5, 0.6) is 0 Å². The van der Waals surface area contributed by atoms with E-state index in [1.807, 2.05) is 0 Å². The van der Waals surface area contributed by atoms with Crippen LogP contribution in [0.3, 0.4) is 0 Å². The van der Waals surface area contributed by atoms with E-state index >= 15 is 0 Å². The number of methoxy groups -OCH3 is 1. The van der Waals surface area contributed by atoms with Crippen molar-refractivity contribution in [2.45, 2.75) is 19.8 Å². The molecular weight excluding hydrogens is 178 g/mol. The predicted octanol–water partition coefficient (Wildman–Crippen LogP) is 0.895. The highest BCUT2D eigenvalue weighted by atomic mass is 16.5. The van der Waals surface area contributed by atoms with Gasteiger partial charge < -0.3 is 9.64 Å². The van der Waals surface area contributed by atoms with Crippen molar-refractivity contribution in [2.75, 3.05) is 26.7 Å². The molecule has 0 radical (unpaired) electrons. The van der Waals surface area contributed by atoms with Crippen molar-refractivity contribution in [3.05, 3.63) is 0 Å². The fourth-order valence-corrected chi connectivity index (χ4v) is 1.61. The van der Waals surface area contributed by atoms with Crippen LogP contribution in [0, 0.1) is 17.8 Å². The molecule has 0 atom stereocenters. The highest BCUT2D eigenvalue weighted by Crippen LogP contribution is 2.15. The number of carbonyl (C=O) groups excluding carboxylic acids is 1. The van der Waals surface area contributed by atoms with Crippen molar-refractivity contribution in [3.63, 3.8) is 0 Å². The molecule has 0 N–H and O–H groups in total. The Kier molecular flexibility index (Phi) is 4.48. The SMILES string of the molecule is CCN1CCC(C#CC(=O)OC)CC1. The summed E-state index contributed by atoms with van der Waals surface area (Å²) in [7, 11) is 1.36. The molecule has 1 aliphatic rings. The summed E-state index contributed by atoms with van der Waals surface area (Å²) >= 11 is 0. The van der Waals surface area contributed by atoms with Gasteiger partial charge in [-0.3, -0.25) is 0 Å². The van der Waals surface area contributed by atoms with Gasteiger partial charge in [0.05, 0.1) is 7.11 Å². The van der Waals surface area contributed by atoms with Crippen molar-refractivity contribution in [1.82, 2.24) is 4.90 Å². The lowest BCUT2D eigenvalue weighted by atomic mass is 9.97. The van der Waals surface area contributed by atoms with Crippen molar-refractivity contribution < 1.29 is 9.53 Å². The van der Waals surface area contributed by atoms with E-state index in [2.05, 4.69) is 28.4 Å². The van der Waals surface area contributed by atoms with Crippen LogP contribution in [0.15, 0.2) is 0 Å². The smallest absolute Gasteiger partial charge is 0.384 e. The summed E-state index contributed by atoms with van der Waals surface area (Å²) in [4.78, 5) is 13.2. The maximum atomic E-state index is 10.8. The molecule has 1 fully saturated rings. The molecule has 0 aliphatic carbocycles. The Morgan fingerprint density at radius 2 is 2.14 bits per heavy atom. The van der Waals surface area contributed by atoms with E-state index < -0.39 is 5.97 Å². The van der Waals surface area contributed by atoms with Gasteiger partial charge in [0.2, 0.25) is 0 Å². The third-order valence-corrected chi connectivity index (χ3v) is 2.60. The molecule has 1 heterocycles. The molecule has 1 rings (SSSR count). The lowest BCUT2D eigenvalue weighted by molar-refractivity contribution is -0.133. The molecule has 14 heavy (non-hydrogen) atoms. The molecule has 0 aromatic carbocycles. The summed E-state index contributed by atoms with van der Waals surface area (Å²) in [6, 6.07) is 0. The second-order valence-electron chi connectivity index (χ2n) is 3.47. The second-order valence-corrected chi connectivity index (χ2v) is 3.47. The van der Waals surface area contributed by atoms with Gasteiger partial charge >= 0.3 is 5.97 Å². The van der Waals surface area contributed by atoms with Crippen LogP contribution in [0.4, 0.5) is 0 Å². The van der Waals surface area contributed by atoms with Crippen molar-refractivity contribution in [3.8, 4) is 11.8 Å². The van der Waals surface area contributed by atoms with E-state index in [1.165, 1.54) is 7.11 Å². The molecule has 0 spiro atoms. The molecule has 1 aliphatic heterocycles. The number of piperidine rings is 1.